The summed E-state index contributed by atoms with van der Waals surface area (Å²) >= 11 is 0. The zero-order valence-corrected chi connectivity index (χ0v) is 14.5. The molecular weight excluding hydrogens is 329 g/mol. The van der Waals surface area contributed by atoms with Crippen molar-refractivity contribution >= 4 is 17.1 Å². The van der Waals surface area contributed by atoms with Crippen LogP contribution in [0.5, 0.6) is 0 Å². The fourth-order valence-corrected chi connectivity index (χ4v) is 3.51. The van der Waals surface area contributed by atoms with Gasteiger partial charge < -0.3 is 5.32 Å². The van der Waals surface area contributed by atoms with Crippen LogP contribution in [0, 0.1) is 5.41 Å². The maximum absolute atomic E-state index is 13.0. The average Bonchev–Trinajstić information content (AvgIpc) is 2.79. The van der Waals surface area contributed by atoms with E-state index >= 15 is 0 Å². The van der Waals surface area contributed by atoms with E-state index in [0.717, 1.165) is 31.7 Å². The summed E-state index contributed by atoms with van der Waals surface area (Å²) < 4.78 is 40.8. The van der Waals surface area contributed by atoms with E-state index in [0.29, 0.717) is 17.1 Å². The Balaban J connectivity index is 1.73. The number of halogens is 3. The minimum absolute atomic E-state index is 0.0900. The molecule has 1 N–H and O–H groups in total. The van der Waals surface area contributed by atoms with E-state index in [2.05, 4.69) is 36.1 Å². The van der Waals surface area contributed by atoms with Crippen molar-refractivity contribution in [2.75, 3.05) is 5.32 Å². The van der Waals surface area contributed by atoms with Crippen molar-refractivity contribution in [1.29, 1.82) is 0 Å². The zero-order valence-electron chi connectivity index (χ0n) is 14.5. The second-order valence-corrected chi connectivity index (χ2v) is 8.09. The molecule has 3 heterocycles. The molecule has 2 aromatic heterocycles. The number of hydrogen-bond acceptors (Lipinski definition) is 3. The molecule has 0 bridgehead atoms. The topological polar surface area (TPSA) is 42.7 Å². The Morgan fingerprint density at radius 3 is 2.56 bits per heavy atom. The summed E-state index contributed by atoms with van der Waals surface area (Å²) in [5, 5.41) is 3.36. The molecule has 1 fully saturated rings. The zero-order chi connectivity index (χ0) is 18.0. The molecule has 7 heteroatoms. The molecule has 1 aliphatic carbocycles. The number of nitrogens with one attached hydrogen (secondary N) is 1. The molecular formula is C18H21F3N4. The first-order valence-electron chi connectivity index (χ1n) is 8.59. The minimum atomic E-state index is -4.45. The van der Waals surface area contributed by atoms with E-state index < -0.39 is 11.9 Å². The van der Waals surface area contributed by atoms with E-state index in [1.807, 2.05) is 4.57 Å². The van der Waals surface area contributed by atoms with Crippen molar-refractivity contribution in [2.45, 2.75) is 58.7 Å². The van der Waals surface area contributed by atoms with E-state index in [4.69, 9.17) is 0 Å². The van der Waals surface area contributed by atoms with Crippen molar-refractivity contribution < 1.29 is 13.2 Å². The van der Waals surface area contributed by atoms with Crippen LogP contribution in [0.15, 0.2) is 23.4 Å². The molecule has 0 saturated heterocycles. The summed E-state index contributed by atoms with van der Waals surface area (Å²) in [5.74, 6) is 0.610. The van der Waals surface area contributed by atoms with Crippen LogP contribution in [0.3, 0.4) is 0 Å². The Hall–Kier alpha value is -2.05. The molecule has 134 valence electrons. The van der Waals surface area contributed by atoms with Crippen LogP contribution in [0.1, 0.15) is 58.2 Å². The summed E-state index contributed by atoms with van der Waals surface area (Å²) in [7, 11) is 0. The lowest BCUT2D eigenvalue weighted by Crippen LogP contribution is -2.30. The predicted octanol–water partition coefficient (Wildman–Crippen LogP) is 5.29. The quantitative estimate of drug-likeness (QED) is 0.800. The lowest BCUT2D eigenvalue weighted by Gasteiger charge is -2.39. The number of anilines is 1. The first-order valence-corrected chi connectivity index (χ1v) is 8.59. The molecule has 0 spiro atoms. The van der Waals surface area contributed by atoms with Gasteiger partial charge in [0.1, 0.15) is 11.2 Å². The average molecular weight is 350 g/mol. The maximum Gasteiger partial charge on any atom is 0.433 e. The van der Waals surface area contributed by atoms with Crippen LogP contribution in [0.2, 0.25) is 0 Å². The third kappa shape index (κ3) is 2.79. The van der Waals surface area contributed by atoms with Gasteiger partial charge in [0.25, 0.3) is 0 Å². The number of aromatic nitrogens is 3. The number of fused-ring (bicyclic) bond motifs is 5. The molecule has 25 heavy (non-hydrogen) atoms. The van der Waals surface area contributed by atoms with Gasteiger partial charge in [0.15, 0.2) is 5.65 Å². The highest BCUT2D eigenvalue weighted by Gasteiger charge is 2.38. The first-order chi connectivity index (χ1) is 11.6. The number of rotatable bonds is 2. The Morgan fingerprint density at radius 2 is 1.96 bits per heavy atom. The second-order valence-electron chi connectivity index (χ2n) is 8.09. The van der Waals surface area contributed by atoms with Crippen molar-refractivity contribution in [3.63, 3.8) is 0 Å². The summed E-state index contributed by atoms with van der Waals surface area (Å²) in [6, 6.07) is 2.50. The van der Waals surface area contributed by atoms with E-state index in [1.54, 1.807) is 0 Å². The van der Waals surface area contributed by atoms with E-state index in [9.17, 15) is 13.2 Å². The molecule has 0 aromatic carbocycles. The highest BCUT2D eigenvalue weighted by atomic mass is 19.4. The third-order valence-corrected chi connectivity index (χ3v) is 5.00. The van der Waals surface area contributed by atoms with Gasteiger partial charge in [0, 0.05) is 5.70 Å². The molecule has 0 radical (unpaired) electrons. The van der Waals surface area contributed by atoms with Gasteiger partial charge in [-0.15, -0.1) is 0 Å². The summed E-state index contributed by atoms with van der Waals surface area (Å²) in [5.41, 5.74) is 2.65. The maximum atomic E-state index is 13.0. The molecule has 1 unspecified atom stereocenters. The fraction of sp³-hybridized carbons (Fsp3) is 0.556. The summed E-state index contributed by atoms with van der Waals surface area (Å²) in [6.45, 7) is 6.62. The Kier molecular flexibility index (Phi) is 3.43. The molecule has 1 aliphatic heterocycles. The second kappa shape index (κ2) is 5.22. The number of imidazole rings is 1. The Morgan fingerprint density at radius 1 is 1.20 bits per heavy atom. The highest BCUT2D eigenvalue weighted by molar-refractivity contribution is 5.77. The van der Waals surface area contributed by atoms with Crippen LogP contribution in [0.4, 0.5) is 19.1 Å². The highest BCUT2D eigenvalue weighted by Crippen LogP contribution is 2.48. The number of hydrogen-bond donors (Lipinski definition) is 1. The van der Waals surface area contributed by atoms with Crippen molar-refractivity contribution in [1.82, 2.24) is 14.5 Å². The number of pyridine rings is 1. The lowest BCUT2D eigenvalue weighted by atomic mass is 9.80. The Bertz CT molecular complexity index is 871. The fourth-order valence-electron chi connectivity index (χ4n) is 3.51. The number of allylic oxidation sites excluding steroid dienone is 2. The molecule has 4 nitrogen and oxygen atoms in total. The largest absolute Gasteiger partial charge is 0.433 e. The van der Waals surface area contributed by atoms with Gasteiger partial charge in [-0.3, -0.25) is 4.57 Å². The van der Waals surface area contributed by atoms with E-state index in [1.165, 1.54) is 17.3 Å². The third-order valence-electron chi connectivity index (χ3n) is 5.00. The van der Waals surface area contributed by atoms with Gasteiger partial charge in [-0.1, -0.05) is 20.8 Å². The van der Waals surface area contributed by atoms with Crippen LogP contribution in [0.25, 0.3) is 11.2 Å². The summed E-state index contributed by atoms with van der Waals surface area (Å²) in [6.07, 6.45) is -0.569. The van der Waals surface area contributed by atoms with Crippen LogP contribution < -0.4 is 5.32 Å². The number of alkyl halides is 3. The van der Waals surface area contributed by atoms with Gasteiger partial charge in [0.2, 0.25) is 5.95 Å². The molecule has 1 atom stereocenters. The van der Waals surface area contributed by atoms with Crippen molar-refractivity contribution in [3.05, 3.63) is 29.1 Å². The van der Waals surface area contributed by atoms with Crippen LogP contribution in [-0.2, 0) is 6.18 Å². The standard InChI is InChI=1S/C18H21F3N4/c1-17(2,3)9-8-11-10-4-6-13(10)25-15-12(23-16(25)22-11)5-7-14(24-15)18(19,20)21/h5,7,13H,4,6,8-9H2,1-3H3,(H,22,23). The van der Waals surface area contributed by atoms with Gasteiger partial charge in [-0.05, 0) is 48.8 Å². The normalized spacial score (nSPS) is 20.2. The lowest BCUT2D eigenvalue weighted by molar-refractivity contribution is -0.141. The number of nitrogens with zero attached hydrogens (tertiary/aromatic N) is 3. The van der Waals surface area contributed by atoms with Gasteiger partial charge in [-0.2, -0.15) is 13.2 Å². The van der Waals surface area contributed by atoms with Crippen molar-refractivity contribution in [3.8, 4) is 0 Å². The monoisotopic (exact) mass is 350 g/mol. The molecule has 2 aliphatic rings. The first kappa shape index (κ1) is 16.4. The molecule has 1 saturated carbocycles. The molecule has 0 amide bonds. The van der Waals surface area contributed by atoms with Crippen LogP contribution >= 0.6 is 0 Å². The van der Waals surface area contributed by atoms with Crippen molar-refractivity contribution in [2.24, 2.45) is 5.41 Å². The SMILES string of the molecule is CC(C)(C)CCC1=C2CCC2n2c(nc3ccc(C(F)(F)F)nc32)N1. The van der Waals surface area contributed by atoms with E-state index in [-0.39, 0.29) is 11.5 Å². The molecule has 2 aromatic rings. The van der Waals surface area contributed by atoms with Gasteiger partial charge in [0.05, 0.1) is 6.04 Å². The van der Waals surface area contributed by atoms with Crippen LogP contribution in [-0.4, -0.2) is 14.5 Å². The molecule has 4 rings (SSSR count). The Labute approximate surface area is 144 Å². The predicted molar refractivity (Wildman–Crippen MR) is 90.1 cm³/mol. The summed E-state index contributed by atoms with van der Waals surface area (Å²) in [4.78, 5) is 8.34. The van der Waals surface area contributed by atoms with Gasteiger partial charge >= 0.3 is 6.18 Å². The minimum Gasteiger partial charge on any atom is -0.329 e. The smallest absolute Gasteiger partial charge is 0.329 e. The van der Waals surface area contributed by atoms with Gasteiger partial charge in [-0.25, -0.2) is 9.97 Å².